The molecule has 2 aromatic heterocycles. The Morgan fingerprint density at radius 1 is 1.28 bits per heavy atom. The van der Waals surface area contributed by atoms with Gasteiger partial charge in [0, 0.05) is 39.1 Å². The van der Waals surface area contributed by atoms with Crippen molar-refractivity contribution in [3.63, 3.8) is 0 Å². The number of para-hydroxylation sites is 1. The van der Waals surface area contributed by atoms with Gasteiger partial charge < -0.3 is 14.8 Å². The highest BCUT2D eigenvalue weighted by Crippen LogP contribution is 2.22. The second-order valence-corrected chi connectivity index (χ2v) is 6.00. The van der Waals surface area contributed by atoms with Crippen LogP contribution in [-0.4, -0.2) is 55.0 Å². The highest BCUT2D eigenvalue weighted by atomic mass is 16.2. The molecule has 128 valence electrons. The van der Waals surface area contributed by atoms with E-state index < -0.39 is 0 Å². The van der Waals surface area contributed by atoms with E-state index in [1.807, 2.05) is 53.0 Å². The van der Waals surface area contributed by atoms with Crippen LogP contribution in [0.25, 0.3) is 5.69 Å². The Balaban J connectivity index is 1.61. The smallest absolute Gasteiger partial charge is 0.276 e. The molecule has 1 amide bonds. The fourth-order valence-corrected chi connectivity index (χ4v) is 3.09. The summed E-state index contributed by atoms with van der Waals surface area (Å²) in [5, 5.41) is 11.5. The van der Waals surface area contributed by atoms with Gasteiger partial charge in [-0.3, -0.25) is 4.79 Å². The maximum Gasteiger partial charge on any atom is 0.276 e. The van der Waals surface area contributed by atoms with Gasteiger partial charge in [-0.15, -0.1) is 5.10 Å². The van der Waals surface area contributed by atoms with Crippen molar-refractivity contribution < 1.29 is 4.79 Å². The molecule has 0 saturated carbocycles. The third-order valence-electron chi connectivity index (χ3n) is 4.39. The van der Waals surface area contributed by atoms with E-state index >= 15 is 0 Å². The predicted octanol–water partition coefficient (Wildman–Crippen LogP) is 0.788. The minimum Gasteiger partial charge on any atom is -0.336 e. The summed E-state index contributed by atoms with van der Waals surface area (Å²) >= 11 is 0. The van der Waals surface area contributed by atoms with E-state index in [0.29, 0.717) is 18.8 Å². The van der Waals surface area contributed by atoms with E-state index in [0.717, 1.165) is 18.1 Å². The molecule has 8 heteroatoms. The van der Waals surface area contributed by atoms with Crippen molar-refractivity contribution in [1.82, 2.24) is 34.8 Å². The van der Waals surface area contributed by atoms with Crippen molar-refractivity contribution in [2.45, 2.75) is 6.04 Å². The first-order valence-corrected chi connectivity index (χ1v) is 8.21. The monoisotopic (exact) mass is 337 g/mol. The Hall–Kier alpha value is -3.00. The molecular weight excluding hydrogens is 318 g/mol. The average molecular weight is 337 g/mol. The molecule has 0 spiro atoms. The number of rotatable bonds is 3. The van der Waals surface area contributed by atoms with Crippen LogP contribution in [0.1, 0.15) is 22.4 Å². The van der Waals surface area contributed by atoms with Crippen LogP contribution in [-0.2, 0) is 7.05 Å². The molecule has 1 fully saturated rings. The normalized spacial score (nSPS) is 17.6. The second kappa shape index (κ2) is 6.48. The summed E-state index contributed by atoms with van der Waals surface area (Å²) in [6.07, 6.45) is 5.31. The predicted molar refractivity (Wildman–Crippen MR) is 91.2 cm³/mol. The molecule has 0 radical (unpaired) electrons. The first kappa shape index (κ1) is 15.5. The van der Waals surface area contributed by atoms with Gasteiger partial charge in [0.2, 0.25) is 0 Å². The van der Waals surface area contributed by atoms with Crippen LogP contribution in [0.3, 0.4) is 0 Å². The maximum atomic E-state index is 13.0. The van der Waals surface area contributed by atoms with Gasteiger partial charge in [-0.1, -0.05) is 23.4 Å². The third kappa shape index (κ3) is 2.91. The van der Waals surface area contributed by atoms with Gasteiger partial charge in [-0.05, 0) is 12.1 Å². The van der Waals surface area contributed by atoms with Crippen molar-refractivity contribution >= 4 is 5.91 Å². The van der Waals surface area contributed by atoms with Crippen LogP contribution in [0.5, 0.6) is 0 Å². The summed E-state index contributed by atoms with van der Waals surface area (Å²) in [4.78, 5) is 19.2. The van der Waals surface area contributed by atoms with Gasteiger partial charge in [-0.25, -0.2) is 9.67 Å². The van der Waals surface area contributed by atoms with Crippen LogP contribution < -0.4 is 5.32 Å². The molecule has 3 heterocycles. The summed E-state index contributed by atoms with van der Waals surface area (Å²) < 4.78 is 3.56. The van der Waals surface area contributed by atoms with Gasteiger partial charge in [0.05, 0.1) is 11.9 Å². The van der Waals surface area contributed by atoms with Gasteiger partial charge >= 0.3 is 0 Å². The van der Waals surface area contributed by atoms with Gasteiger partial charge in [0.1, 0.15) is 11.9 Å². The van der Waals surface area contributed by atoms with Crippen molar-refractivity contribution in [3.05, 3.63) is 60.4 Å². The number of nitrogens with zero attached hydrogens (tertiary/aromatic N) is 6. The lowest BCUT2D eigenvalue weighted by Crippen LogP contribution is -2.49. The van der Waals surface area contributed by atoms with Crippen molar-refractivity contribution in [2.75, 3.05) is 19.6 Å². The number of hydrogen-bond acceptors (Lipinski definition) is 5. The number of aryl methyl sites for hydroxylation is 1. The highest BCUT2D eigenvalue weighted by molar-refractivity contribution is 5.92. The first-order chi connectivity index (χ1) is 12.2. The number of piperazine rings is 1. The van der Waals surface area contributed by atoms with Gasteiger partial charge in [-0.2, -0.15) is 0 Å². The molecule has 0 aliphatic carbocycles. The lowest BCUT2D eigenvalue weighted by molar-refractivity contribution is 0.0614. The van der Waals surface area contributed by atoms with Crippen LogP contribution in [0.2, 0.25) is 0 Å². The largest absolute Gasteiger partial charge is 0.336 e. The molecule has 8 nitrogen and oxygen atoms in total. The van der Waals surface area contributed by atoms with E-state index in [1.165, 1.54) is 0 Å². The fourth-order valence-electron chi connectivity index (χ4n) is 3.09. The topological polar surface area (TPSA) is 80.9 Å². The number of carbonyl (C=O) groups excluding carboxylic acids is 1. The summed E-state index contributed by atoms with van der Waals surface area (Å²) in [6.45, 7) is 2.03. The number of imidazole rings is 1. The van der Waals surface area contributed by atoms with Crippen LogP contribution in [0.4, 0.5) is 0 Å². The Morgan fingerprint density at radius 2 is 2.12 bits per heavy atom. The summed E-state index contributed by atoms with van der Waals surface area (Å²) in [5.74, 6) is 0.729. The highest BCUT2D eigenvalue weighted by Gasteiger charge is 2.32. The third-order valence-corrected chi connectivity index (χ3v) is 4.39. The van der Waals surface area contributed by atoms with E-state index in [4.69, 9.17) is 0 Å². The second-order valence-electron chi connectivity index (χ2n) is 6.00. The Kier molecular flexibility index (Phi) is 4.02. The lowest BCUT2D eigenvalue weighted by Gasteiger charge is -2.35. The van der Waals surface area contributed by atoms with Crippen molar-refractivity contribution in [2.24, 2.45) is 7.05 Å². The number of amides is 1. The minimum absolute atomic E-state index is 0.122. The van der Waals surface area contributed by atoms with Gasteiger partial charge in [0.25, 0.3) is 5.91 Å². The number of aromatic nitrogens is 5. The van der Waals surface area contributed by atoms with E-state index in [2.05, 4.69) is 20.6 Å². The zero-order valence-electron chi connectivity index (χ0n) is 13.9. The summed E-state index contributed by atoms with van der Waals surface area (Å²) in [7, 11) is 1.94. The van der Waals surface area contributed by atoms with Crippen LogP contribution in [0, 0.1) is 0 Å². The Bertz CT molecular complexity index is 870. The molecule has 1 aliphatic rings. The summed E-state index contributed by atoms with van der Waals surface area (Å²) in [6, 6.07) is 9.50. The molecule has 1 N–H and O–H groups in total. The maximum absolute atomic E-state index is 13.0. The molecule has 1 aromatic carbocycles. The average Bonchev–Trinajstić information content (AvgIpc) is 3.31. The summed E-state index contributed by atoms with van der Waals surface area (Å²) in [5.41, 5.74) is 1.21. The zero-order valence-corrected chi connectivity index (χ0v) is 13.9. The molecule has 1 aliphatic heterocycles. The van der Waals surface area contributed by atoms with E-state index in [1.54, 1.807) is 17.1 Å². The van der Waals surface area contributed by atoms with Gasteiger partial charge in [0.15, 0.2) is 5.69 Å². The fraction of sp³-hybridized carbons (Fsp3) is 0.294. The minimum atomic E-state index is -0.128. The molecule has 1 atom stereocenters. The Labute approximate surface area is 145 Å². The first-order valence-electron chi connectivity index (χ1n) is 8.21. The molecular formula is C17H19N7O. The molecule has 1 unspecified atom stereocenters. The number of nitrogens with one attached hydrogen (secondary N) is 1. The number of hydrogen-bond donors (Lipinski definition) is 1. The van der Waals surface area contributed by atoms with Crippen molar-refractivity contribution in [1.29, 1.82) is 0 Å². The quantitative estimate of drug-likeness (QED) is 0.764. The molecule has 3 aromatic rings. The Morgan fingerprint density at radius 3 is 2.88 bits per heavy atom. The zero-order chi connectivity index (χ0) is 17.2. The van der Waals surface area contributed by atoms with E-state index in [-0.39, 0.29) is 11.9 Å². The van der Waals surface area contributed by atoms with Crippen LogP contribution in [0.15, 0.2) is 48.9 Å². The SMILES string of the molecule is Cn1ccnc1C1CNCCN1C(=O)c1cn(-c2ccccc2)nn1. The molecule has 25 heavy (non-hydrogen) atoms. The standard InChI is InChI=1S/C17H19N7O/c1-22-9-8-19-16(22)15-11-18-7-10-23(15)17(25)14-12-24(21-20-14)13-5-3-2-4-6-13/h2-6,8-9,12,15,18H,7,10-11H2,1H3. The molecule has 4 rings (SSSR count). The molecule has 1 saturated heterocycles. The van der Waals surface area contributed by atoms with Crippen LogP contribution >= 0.6 is 0 Å². The number of benzene rings is 1. The van der Waals surface area contributed by atoms with E-state index in [9.17, 15) is 4.79 Å². The van der Waals surface area contributed by atoms with Crippen molar-refractivity contribution in [3.8, 4) is 5.69 Å². The molecule has 0 bridgehead atoms. The number of carbonyl (C=O) groups is 1. The lowest BCUT2D eigenvalue weighted by atomic mass is 10.1.